The molecule has 5 heteroatoms. The predicted octanol–water partition coefficient (Wildman–Crippen LogP) is 3.73. The molecule has 1 aliphatic heterocycles. The summed E-state index contributed by atoms with van der Waals surface area (Å²) in [6.07, 6.45) is 7.57. The summed E-state index contributed by atoms with van der Waals surface area (Å²) in [5, 5.41) is 0. The first kappa shape index (κ1) is 15.4. The van der Waals surface area contributed by atoms with E-state index in [9.17, 15) is 4.39 Å². The Morgan fingerprint density at radius 1 is 0.923 bits per heavy atom. The van der Waals surface area contributed by atoms with Crippen LogP contribution in [0.25, 0.3) is 11.4 Å². The van der Waals surface area contributed by atoms with Crippen LogP contribution in [0.4, 0.5) is 10.2 Å². The Kier molecular flexibility index (Phi) is 3.66. The molecule has 1 aromatic carbocycles. The van der Waals surface area contributed by atoms with Crippen LogP contribution in [0.1, 0.15) is 28.8 Å². The van der Waals surface area contributed by atoms with Crippen LogP contribution in [0.2, 0.25) is 0 Å². The minimum atomic E-state index is -0.153. The molecule has 4 nitrogen and oxygen atoms in total. The third-order valence-electron chi connectivity index (χ3n) is 5.33. The first-order chi connectivity index (χ1) is 12.8. The molecule has 3 aromatic rings. The summed E-state index contributed by atoms with van der Waals surface area (Å²) in [5.41, 5.74) is 5.75. The molecule has 26 heavy (non-hydrogen) atoms. The van der Waals surface area contributed by atoms with Crippen LogP contribution in [0, 0.1) is 5.82 Å². The van der Waals surface area contributed by atoms with Crippen LogP contribution >= 0.6 is 0 Å². The minimum Gasteiger partial charge on any atom is -0.352 e. The molecule has 1 aliphatic carbocycles. The lowest BCUT2D eigenvalue weighted by atomic mass is 9.99. The lowest BCUT2D eigenvalue weighted by Gasteiger charge is -2.31. The van der Waals surface area contributed by atoms with Gasteiger partial charge in [-0.05, 0) is 61.1 Å². The monoisotopic (exact) mass is 346 g/mol. The number of fused-ring (bicyclic) bond motifs is 2. The van der Waals surface area contributed by atoms with Crippen LogP contribution in [-0.4, -0.2) is 21.5 Å². The van der Waals surface area contributed by atoms with E-state index < -0.39 is 0 Å². The standard InChI is InChI=1S/C21H19FN4/c22-17-5-4-16-13-26(11-8-15(16)12-17)21-18-2-1-3-19(18)24-20(25-21)14-6-9-23-10-7-14/h4-7,9-10,12H,1-3,8,11,13H2. The Morgan fingerprint density at radius 2 is 1.81 bits per heavy atom. The Morgan fingerprint density at radius 3 is 2.69 bits per heavy atom. The van der Waals surface area contributed by atoms with Gasteiger partial charge in [-0.15, -0.1) is 0 Å². The maximum atomic E-state index is 13.5. The molecule has 5 rings (SSSR count). The summed E-state index contributed by atoms with van der Waals surface area (Å²) in [7, 11) is 0. The van der Waals surface area contributed by atoms with E-state index in [1.54, 1.807) is 24.5 Å². The fourth-order valence-electron chi connectivity index (χ4n) is 4.01. The third kappa shape index (κ3) is 2.64. The highest BCUT2D eigenvalue weighted by Crippen LogP contribution is 2.33. The van der Waals surface area contributed by atoms with Crippen LogP contribution in [0.3, 0.4) is 0 Å². The zero-order chi connectivity index (χ0) is 17.5. The SMILES string of the molecule is Fc1ccc2c(c1)CCN(c1nc(-c3ccncc3)nc3c1CCC3)C2. The van der Waals surface area contributed by atoms with E-state index in [0.29, 0.717) is 0 Å². The number of nitrogens with zero attached hydrogens (tertiary/aromatic N) is 4. The molecule has 0 atom stereocenters. The summed E-state index contributed by atoms with van der Waals surface area (Å²) in [4.78, 5) is 16.2. The molecular formula is C21H19FN4. The minimum absolute atomic E-state index is 0.153. The van der Waals surface area contributed by atoms with E-state index in [4.69, 9.17) is 9.97 Å². The fourth-order valence-corrected chi connectivity index (χ4v) is 4.01. The van der Waals surface area contributed by atoms with Gasteiger partial charge in [0.25, 0.3) is 0 Å². The van der Waals surface area contributed by atoms with E-state index in [2.05, 4.69) is 9.88 Å². The van der Waals surface area contributed by atoms with Gasteiger partial charge in [-0.2, -0.15) is 0 Å². The van der Waals surface area contributed by atoms with Crippen molar-refractivity contribution in [3.63, 3.8) is 0 Å². The molecule has 0 fully saturated rings. The first-order valence-corrected chi connectivity index (χ1v) is 9.10. The van der Waals surface area contributed by atoms with E-state index >= 15 is 0 Å². The molecule has 130 valence electrons. The van der Waals surface area contributed by atoms with Crippen molar-refractivity contribution in [2.75, 3.05) is 11.4 Å². The van der Waals surface area contributed by atoms with Crippen LogP contribution in [0.5, 0.6) is 0 Å². The van der Waals surface area contributed by atoms with Gasteiger partial charge in [0.1, 0.15) is 11.6 Å². The second kappa shape index (κ2) is 6.16. The number of hydrogen-bond donors (Lipinski definition) is 0. The molecule has 0 spiro atoms. The van der Waals surface area contributed by atoms with Gasteiger partial charge >= 0.3 is 0 Å². The summed E-state index contributed by atoms with van der Waals surface area (Å²) in [5.74, 6) is 1.67. The molecule has 0 saturated carbocycles. The molecule has 0 radical (unpaired) electrons. The highest BCUT2D eigenvalue weighted by molar-refractivity contribution is 5.61. The van der Waals surface area contributed by atoms with Crippen molar-refractivity contribution in [3.05, 3.63) is 70.9 Å². The van der Waals surface area contributed by atoms with Crippen molar-refractivity contribution < 1.29 is 4.39 Å². The van der Waals surface area contributed by atoms with E-state index in [0.717, 1.165) is 61.5 Å². The average molecular weight is 346 g/mol. The molecule has 0 N–H and O–H groups in total. The number of pyridine rings is 1. The highest BCUT2D eigenvalue weighted by Gasteiger charge is 2.26. The molecule has 2 aromatic heterocycles. The fraction of sp³-hybridized carbons (Fsp3) is 0.286. The number of hydrogen-bond acceptors (Lipinski definition) is 4. The lowest BCUT2D eigenvalue weighted by Crippen LogP contribution is -2.32. The summed E-state index contributed by atoms with van der Waals surface area (Å²) in [6, 6.07) is 9.03. The van der Waals surface area contributed by atoms with Gasteiger partial charge in [-0.3, -0.25) is 4.98 Å². The van der Waals surface area contributed by atoms with Gasteiger partial charge < -0.3 is 4.90 Å². The number of anilines is 1. The second-order valence-corrected chi connectivity index (χ2v) is 6.97. The zero-order valence-electron chi connectivity index (χ0n) is 14.5. The van der Waals surface area contributed by atoms with Gasteiger partial charge in [0.2, 0.25) is 0 Å². The van der Waals surface area contributed by atoms with Gasteiger partial charge in [0, 0.05) is 42.3 Å². The van der Waals surface area contributed by atoms with Crippen molar-refractivity contribution in [1.29, 1.82) is 0 Å². The Bertz CT molecular complexity index is 971. The smallest absolute Gasteiger partial charge is 0.161 e. The van der Waals surface area contributed by atoms with Gasteiger partial charge in [0.05, 0.1) is 0 Å². The van der Waals surface area contributed by atoms with Crippen molar-refractivity contribution in [2.45, 2.75) is 32.2 Å². The maximum absolute atomic E-state index is 13.5. The van der Waals surface area contributed by atoms with Crippen molar-refractivity contribution in [1.82, 2.24) is 15.0 Å². The molecular weight excluding hydrogens is 327 g/mol. The number of halogens is 1. The maximum Gasteiger partial charge on any atom is 0.161 e. The topological polar surface area (TPSA) is 41.9 Å². The Labute approximate surface area is 151 Å². The molecule has 0 saturated heterocycles. The van der Waals surface area contributed by atoms with Crippen molar-refractivity contribution >= 4 is 5.82 Å². The number of rotatable bonds is 2. The van der Waals surface area contributed by atoms with E-state index in [-0.39, 0.29) is 5.82 Å². The van der Waals surface area contributed by atoms with Crippen LogP contribution in [0.15, 0.2) is 42.7 Å². The summed E-state index contributed by atoms with van der Waals surface area (Å²) in [6.45, 7) is 1.63. The third-order valence-corrected chi connectivity index (χ3v) is 5.33. The second-order valence-electron chi connectivity index (χ2n) is 6.97. The zero-order valence-corrected chi connectivity index (χ0v) is 14.5. The van der Waals surface area contributed by atoms with Gasteiger partial charge in [-0.25, -0.2) is 14.4 Å². The summed E-state index contributed by atoms with van der Waals surface area (Å²) >= 11 is 0. The lowest BCUT2D eigenvalue weighted by molar-refractivity contribution is 0.618. The van der Waals surface area contributed by atoms with Crippen LogP contribution in [-0.2, 0) is 25.8 Å². The molecule has 0 unspecified atom stereocenters. The Hall–Kier alpha value is -2.82. The van der Waals surface area contributed by atoms with Crippen molar-refractivity contribution in [2.24, 2.45) is 0 Å². The molecule has 0 bridgehead atoms. The quantitative estimate of drug-likeness (QED) is 0.709. The highest BCUT2D eigenvalue weighted by atomic mass is 19.1. The van der Waals surface area contributed by atoms with Crippen LogP contribution < -0.4 is 4.90 Å². The van der Waals surface area contributed by atoms with Crippen molar-refractivity contribution in [3.8, 4) is 11.4 Å². The predicted molar refractivity (Wildman–Crippen MR) is 98.4 cm³/mol. The first-order valence-electron chi connectivity index (χ1n) is 9.10. The number of benzene rings is 1. The molecule has 0 amide bonds. The van der Waals surface area contributed by atoms with E-state index in [1.807, 2.05) is 18.2 Å². The molecule has 2 aliphatic rings. The number of aromatic nitrogens is 3. The molecule has 3 heterocycles. The summed E-state index contributed by atoms with van der Waals surface area (Å²) < 4.78 is 13.5. The number of aryl methyl sites for hydroxylation is 1. The largest absolute Gasteiger partial charge is 0.352 e. The normalized spacial score (nSPS) is 15.7. The van der Waals surface area contributed by atoms with Gasteiger partial charge in [-0.1, -0.05) is 6.07 Å². The van der Waals surface area contributed by atoms with E-state index in [1.165, 1.54) is 16.8 Å². The Balaban J connectivity index is 1.57. The average Bonchev–Trinajstić information content (AvgIpc) is 3.16. The van der Waals surface area contributed by atoms with Gasteiger partial charge in [0.15, 0.2) is 5.82 Å².